The van der Waals surface area contributed by atoms with E-state index in [0.29, 0.717) is 44.0 Å². The van der Waals surface area contributed by atoms with Crippen molar-refractivity contribution in [2.24, 2.45) is 0 Å². The van der Waals surface area contributed by atoms with E-state index in [1.165, 1.54) is 31.4 Å². The number of rotatable bonds is 5. The Hall–Kier alpha value is -2.81. The molecular weight excluding hydrogens is 402 g/mol. The van der Waals surface area contributed by atoms with Gasteiger partial charge in [0.1, 0.15) is 11.6 Å². The first-order valence-corrected chi connectivity index (χ1v) is 9.50. The molecule has 0 radical (unpaired) electrons. The predicted octanol–water partition coefficient (Wildman–Crippen LogP) is 3.88. The maximum Gasteiger partial charge on any atom is 0.416 e. The first-order valence-electron chi connectivity index (χ1n) is 9.50. The lowest BCUT2D eigenvalue weighted by molar-refractivity contribution is -0.137. The number of carbonyl (C=O) groups is 1. The molecule has 2 amide bonds. The van der Waals surface area contributed by atoms with Gasteiger partial charge in [0.05, 0.1) is 12.7 Å². The SMILES string of the molecule is COc1ccc(F)cc1CN1CCN(C(=O)NCc2ccc(C(F)(F)F)cc2)CC1. The number of methoxy groups -OCH3 is 1. The van der Waals surface area contributed by atoms with E-state index in [2.05, 4.69) is 10.2 Å². The number of hydrogen-bond donors (Lipinski definition) is 1. The first kappa shape index (κ1) is 21.9. The third-order valence-electron chi connectivity index (χ3n) is 5.02. The minimum Gasteiger partial charge on any atom is -0.496 e. The molecule has 0 aliphatic carbocycles. The van der Waals surface area contributed by atoms with Crippen LogP contribution in [0.4, 0.5) is 22.4 Å². The predicted molar refractivity (Wildman–Crippen MR) is 103 cm³/mol. The van der Waals surface area contributed by atoms with Crippen molar-refractivity contribution in [3.8, 4) is 5.75 Å². The first-order chi connectivity index (χ1) is 14.3. The van der Waals surface area contributed by atoms with Gasteiger partial charge in [-0.15, -0.1) is 0 Å². The topological polar surface area (TPSA) is 44.8 Å². The number of nitrogens with one attached hydrogen (secondary N) is 1. The summed E-state index contributed by atoms with van der Waals surface area (Å²) in [6, 6.07) is 8.83. The second-order valence-electron chi connectivity index (χ2n) is 7.07. The Kier molecular flexibility index (Phi) is 6.81. The van der Waals surface area contributed by atoms with E-state index in [0.717, 1.165) is 17.7 Å². The van der Waals surface area contributed by atoms with Gasteiger partial charge in [-0.25, -0.2) is 9.18 Å². The molecule has 1 aliphatic heterocycles. The molecule has 0 aromatic heterocycles. The fraction of sp³-hybridized carbons (Fsp3) is 0.381. The minimum atomic E-state index is -4.38. The van der Waals surface area contributed by atoms with Gasteiger partial charge in [0.2, 0.25) is 0 Å². The molecule has 9 heteroatoms. The van der Waals surface area contributed by atoms with Crippen LogP contribution in [0.3, 0.4) is 0 Å². The smallest absolute Gasteiger partial charge is 0.416 e. The van der Waals surface area contributed by atoms with E-state index in [-0.39, 0.29) is 18.4 Å². The van der Waals surface area contributed by atoms with Crippen LogP contribution >= 0.6 is 0 Å². The standard InChI is InChI=1S/C21H23F4N3O2/c1-30-19-7-6-18(22)12-16(19)14-27-8-10-28(11-9-27)20(29)26-13-15-2-4-17(5-3-15)21(23,24)25/h2-7,12H,8-11,13-14H2,1H3,(H,26,29). The Balaban J connectivity index is 1.47. The molecule has 1 fully saturated rings. The number of ether oxygens (including phenoxy) is 1. The summed E-state index contributed by atoms with van der Waals surface area (Å²) < 4.78 is 56.6. The van der Waals surface area contributed by atoms with Gasteiger partial charge in [0.15, 0.2) is 0 Å². The number of nitrogens with zero attached hydrogens (tertiary/aromatic N) is 2. The van der Waals surface area contributed by atoms with Crippen molar-refractivity contribution in [1.29, 1.82) is 0 Å². The highest BCUT2D eigenvalue weighted by molar-refractivity contribution is 5.74. The van der Waals surface area contributed by atoms with Crippen LogP contribution in [0.5, 0.6) is 5.75 Å². The van der Waals surface area contributed by atoms with E-state index in [1.807, 2.05) is 0 Å². The molecule has 0 atom stereocenters. The number of urea groups is 1. The van der Waals surface area contributed by atoms with Crippen molar-refractivity contribution in [1.82, 2.24) is 15.1 Å². The molecule has 162 valence electrons. The average Bonchev–Trinajstić information content (AvgIpc) is 2.72. The van der Waals surface area contributed by atoms with E-state index >= 15 is 0 Å². The van der Waals surface area contributed by atoms with Crippen LogP contribution in [0.2, 0.25) is 0 Å². The fourth-order valence-corrected chi connectivity index (χ4v) is 3.32. The summed E-state index contributed by atoms with van der Waals surface area (Å²) >= 11 is 0. The molecular formula is C21H23F4N3O2. The van der Waals surface area contributed by atoms with Crippen LogP contribution in [0, 0.1) is 5.82 Å². The zero-order valence-electron chi connectivity index (χ0n) is 16.5. The van der Waals surface area contributed by atoms with E-state index in [1.54, 1.807) is 11.0 Å². The van der Waals surface area contributed by atoms with Gasteiger partial charge in [-0.2, -0.15) is 13.2 Å². The molecule has 1 aliphatic rings. The van der Waals surface area contributed by atoms with Gasteiger partial charge < -0.3 is 15.0 Å². The van der Waals surface area contributed by atoms with Gasteiger partial charge in [0, 0.05) is 44.8 Å². The summed E-state index contributed by atoms with van der Waals surface area (Å²) in [5, 5.41) is 2.73. The summed E-state index contributed by atoms with van der Waals surface area (Å²) in [5.41, 5.74) is 0.620. The molecule has 30 heavy (non-hydrogen) atoms. The number of amides is 2. The highest BCUT2D eigenvalue weighted by atomic mass is 19.4. The van der Waals surface area contributed by atoms with E-state index < -0.39 is 11.7 Å². The molecule has 1 N–H and O–H groups in total. The van der Waals surface area contributed by atoms with Crippen LogP contribution in [0.15, 0.2) is 42.5 Å². The number of alkyl halides is 3. The number of carbonyl (C=O) groups excluding carboxylic acids is 1. The molecule has 0 bridgehead atoms. The molecule has 3 rings (SSSR count). The van der Waals surface area contributed by atoms with Crippen LogP contribution in [0.25, 0.3) is 0 Å². The zero-order chi connectivity index (χ0) is 21.7. The average molecular weight is 425 g/mol. The maximum atomic E-state index is 13.5. The summed E-state index contributed by atoms with van der Waals surface area (Å²) in [6.07, 6.45) is -4.38. The molecule has 0 saturated carbocycles. The summed E-state index contributed by atoms with van der Waals surface area (Å²) in [4.78, 5) is 16.1. The molecule has 0 unspecified atom stereocenters. The molecule has 2 aromatic carbocycles. The van der Waals surface area contributed by atoms with E-state index in [4.69, 9.17) is 4.74 Å². The Morgan fingerprint density at radius 3 is 2.33 bits per heavy atom. The molecule has 2 aromatic rings. The second kappa shape index (κ2) is 9.34. The number of piperazine rings is 1. The van der Waals surface area contributed by atoms with Gasteiger partial charge in [-0.3, -0.25) is 4.90 Å². The zero-order valence-corrected chi connectivity index (χ0v) is 16.5. The lowest BCUT2D eigenvalue weighted by Gasteiger charge is -2.35. The van der Waals surface area contributed by atoms with Crippen LogP contribution in [-0.2, 0) is 19.3 Å². The monoisotopic (exact) mass is 425 g/mol. The van der Waals surface area contributed by atoms with Crippen molar-refractivity contribution in [2.75, 3.05) is 33.3 Å². The van der Waals surface area contributed by atoms with Crippen LogP contribution < -0.4 is 10.1 Å². The Bertz CT molecular complexity index is 864. The largest absolute Gasteiger partial charge is 0.496 e. The number of halogens is 4. The molecule has 1 saturated heterocycles. The molecule has 1 heterocycles. The fourth-order valence-electron chi connectivity index (χ4n) is 3.32. The lowest BCUT2D eigenvalue weighted by Crippen LogP contribution is -2.51. The molecule has 0 spiro atoms. The van der Waals surface area contributed by atoms with Crippen LogP contribution in [-0.4, -0.2) is 49.1 Å². The maximum absolute atomic E-state index is 13.5. The van der Waals surface area contributed by atoms with Crippen molar-refractivity contribution in [2.45, 2.75) is 19.3 Å². The van der Waals surface area contributed by atoms with Crippen LogP contribution in [0.1, 0.15) is 16.7 Å². The summed E-state index contributed by atoms with van der Waals surface area (Å²) in [7, 11) is 1.54. The highest BCUT2D eigenvalue weighted by Gasteiger charge is 2.30. The third-order valence-corrected chi connectivity index (χ3v) is 5.02. The normalized spacial score (nSPS) is 15.2. The van der Waals surface area contributed by atoms with Gasteiger partial charge >= 0.3 is 12.2 Å². The minimum absolute atomic E-state index is 0.150. The Morgan fingerprint density at radius 2 is 1.73 bits per heavy atom. The van der Waals surface area contributed by atoms with Gasteiger partial charge in [-0.1, -0.05) is 12.1 Å². The van der Waals surface area contributed by atoms with Crippen molar-refractivity contribution < 1.29 is 27.1 Å². The van der Waals surface area contributed by atoms with Crippen molar-refractivity contribution >= 4 is 6.03 Å². The Morgan fingerprint density at radius 1 is 1.07 bits per heavy atom. The van der Waals surface area contributed by atoms with Gasteiger partial charge in [-0.05, 0) is 35.9 Å². The highest BCUT2D eigenvalue weighted by Crippen LogP contribution is 2.29. The summed E-state index contributed by atoms with van der Waals surface area (Å²) in [5.74, 6) is 0.292. The third kappa shape index (κ3) is 5.63. The number of benzene rings is 2. The second-order valence-corrected chi connectivity index (χ2v) is 7.07. The number of hydrogen-bond acceptors (Lipinski definition) is 3. The summed E-state index contributed by atoms with van der Waals surface area (Å²) in [6.45, 7) is 2.90. The Labute approximate surface area is 172 Å². The van der Waals surface area contributed by atoms with Crippen molar-refractivity contribution in [3.05, 3.63) is 65.0 Å². The van der Waals surface area contributed by atoms with Crippen molar-refractivity contribution in [3.63, 3.8) is 0 Å². The quantitative estimate of drug-likeness (QED) is 0.740. The molecule has 5 nitrogen and oxygen atoms in total. The van der Waals surface area contributed by atoms with Gasteiger partial charge in [0.25, 0.3) is 0 Å². The van der Waals surface area contributed by atoms with E-state index in [9.17, 15) is 22.4 Å². The lowest BCUT2D eigenvalue weighted by atomic mass is 10.1.